The van der Waals surface area contributed by atoms with Crippen LogP contribution < -0.4 is 4.74 Å². The van der Waals surface area contributed by atoms with E-state index in [9.17, 15) is 9.59 Å². The fourth-order valence-electron chi connectivity index (χ4n) is 1.30. The van der Waals surface area contributed by atoms with Crippen molar-refractivity contribution in [1.29, 1.82) is 0 Å². The molecule has 0 saturated heterocycles. The maximum Gasteiger partial charge on any atom is 0.313 e. The zero-order chi connectivity index (χ0) is 12.7. The van der Waals surface area contributed by atoms with Crippen molar-refractivity contribution in [1.82, 2.24) is 4.98 Å². The van der Waals surface area contributed by atoms with Gasteiger partial charge in [0, 0.05) is 18.2 Å². The van der Waals surface area contributed by atoms with Crippen molar-refractivity contribution >= 4 is 11.8 Å². The highest BCUT2D eigenvalue weighted by Gasteiger charge is 2.10. The Balaban J connectivity index is 2.44. The molecule has 0 spiro atoms. The molecule has 0 aliphatic heterocycles. The standard InChI is InChI=1S/C12H15NO4/c1-16-11-5-3-4-9(13-11)6-7-10(14)8-12(15)17-2/h3-5H,6-8H2,1-2H3. The summed E-state index contributed by atoms with van der Waals surface area (Å²) in [7, 11) is 2.80. The summed E-state index contributed by atoms with van der Waals surface area (Å²) in [6.45, 7) is 0. The van der Waals surface area contributed by atoms with E-state index in [-0.39, 0.29) is 18.6 Å². The second-order valence-electron chi connectivity index (χ2n) is 3.46. The minimum absolute atomic E-state index is 0.151. The van der Waals surface area contributed by atoms with Gasteiger partial charge in [0.25, 0.3) is 0 Å². The van der Waals surface area contributed by atoms with Gasteiger partial charge in [-0.25, -0.2) is 4.98 Å². The third-order valence-electron chi connectivity index (χ3n) is 2.22. The first-order chi connectivity index (χ1) is 8.15. The quantitative estimate of drug-likeness (QED) is 0.548. The second kappa shape index (κ2) is 6.62. The summed E-state index contributed by atoms with van der Waals surface area (Å²) < 4.78 is 9.39. The summed E-state index contributed by atoms with van der Waals surface area (Å²) in [4.78, 5) is 26.4. The van der Waals surface area contributed by atoms with E-state index in [1.807, 2.05) is 12.1 Å². The number of hydrogen-bond acceptors (Lipinski definition) is 5. The Morgan fingerprint density at radius 1 is 1.29 bits per heavy atom. The summed E-state index contributed by atoms with van der Waals surface area (Å²) in [6.07, 6.45) is 0.586. The fraction of sp³-hybridized carbons (Fsp3) is 0.417. The zero-order valence-electron chi connectivity index (χ0n) is 9.93. The first-order valence-electron chi connectivity index (χ1n) is 5.24. The first-order valence-corrected chi connectivity index (χ1v) is 5.24. The molecule has 0 unspecified atom stereocenters. The second-order valence-corrected chi connectivity index (χ2v) is 3.46. The molecule has 1 aromatic heterocycles. The van der Waals surface area contributed by atoms with Crippen molar-refractivity contribution in [2.45, 2.75) is 19.3 Å². The molecule has 0 saturated carbocycles. The molecule has 0 aromatic carbocycles. The molecule has 0 N–H and O–H groups in total. The highest BCUT2D eigenvalue weighted by atomic mass is 16.5. The van der Waals surface area contributed by atoms with Gasteiger partial charge in [-0.05, 0) is 12.5 Å². The lowest BCUT2D eigenvalue weighted by atomic mass is 10.1. The molecular weight excluding hydrogens is 222 g/mol. The summed E-state index contributed by atoms with van der Waals surface area (Å²) in [5.74, 6) is -0.141. The number of hydrogen-bond donors (Lipinski definition) is 0. The number of ether oxygens (including phenoxy) is 2. The van der Waals surface area contributed by atoms with Crippen molar-refractivity contribution in [3.8, 4) is 5.88 Å². The Morgan fingerprint density at radius 2 is 2.06 bits per heavy atom. The molecule has 17 heavy (non-hydrogen) atoms. The summed E-state index contributed by atoms with van der Waals surface area (Å²) >= 11 is 0. The number of carbonyl (C=O) groups is 2. The van der Waals surface area contributed by atoms with Gasteiger partial charge in [0.15, 0.2) is 0 Å². The minimum Gasteiger partial charge on any atom is -0.481 e. The average molecular weight is 237 g/mol. The Kier molecular flexibility index (Phi) is 5.13. The Labute approximate surface area is 99.8 Å². The van der Waals surface area contributed by atoms with Crippen LogP contribution in [0.5, 0.6) is 5.88 Å². The fourth-order valence-corrected chi connectivity index (χ4v) is 1.30. The van der Waals surface area contributed by atoms with Crippen LogP contribution in [0.1, 0.15) is 18.5 Å². The third kappa shape index (κ3) is 4.63. The predicted molar refractivity (Wildman–Crippen MR) is 60.8 cm³/mol. The lowest BCUT2D eigenvalue weighted by molar-refractivity contribution is -0.143. The molecule has 0 amide bonds. The first kappa shape index (κ1) is 13.2. The molecule has 5 nitrogen and oxygen atoms in total. The van der Waals surface area contributed by atoms with E-state index in [0.29, 0.717) is 12.3 Å². The van der Waals surface area contributed by atoms with Gasteiger partial charge in [-0.1, -0.05) is 6.07 Å². The molecule has 1 aromatic rings. The number of methoxy groups -OCH3 is 2. The number of pyridine rings is 1. The lowest BCUT2D eigenvalue weighted by Crippen LogP contribution is -2.10. The highest BCUT2D eigenvalue weighted by molar-refractivity contribution is 5.95. The van der Waals surface area contributed by atoms with Crippen molar-refractivity contribution in [3.05, 3.63) is 23.9 Å². The molecule has 1 heterocycles. The van der Waals surface area contributed by atoms with Crippen LogP contribution in [0.2, 0.25) is 0 Å². The van der Waals surface area contributed by atoms with Gasteiger partial charge < -0.3 is 9.47 Å². The van der Waals surface area contributed by atoms with Crippen molar-refractivity contribution in [2.24, 2.45) is 0 Å². The number of Topliss-reactive ketones (excluding diaryl/α,β-unsaturated/α-hetero) is 1. The number of ketones is 1. The molecule has 92 valence electrons. The number of nitrogens with zero attached hydrogens (tertiary/aromatic N) is 1. The third-order valence-corrected chi connectivity index (χ3v) is 2.22. The molecule has 0 aliphatic carbocycles. The van der Waals surface area contributed by atoms with Crippen LogP contribution in [-0.4, -0.2) is 31.0 Å². The Morgan fingerprint density at radius 3 is 2.71 bits per heavy atom. The highest BCUT2D eigenvalue weighted by Crippen LogP contribution is 2.09. The van der Waals surface area contributed by atoms with Crippen molar-refractivity contribution in [3.63, 3.8) is 0 Å². The van der Waals surface area contributed by atoms with Crippen LogP contribution in [0.3, 0.4) is 0 Å². The largest absolute Gasteiger partial charge is 0.481 e. The summed E-state index contributed by atoms with van der Waals surface area (Å²) in [6, 6.07) is 5.36. The smallest absolute Gasteiger partial charge is 0.313 e. The number of carbonyl (C=O) groups excluding carboxylic acids is 2. The molecule has 0 radical (unpaired) electrons. The van der Waals surface area contributed by atoms with Crippen molar-refractivity contribution < 1.29 is 19.1 Å². The number of rotatable bonds is 6. The van der Waals surface area contributed by atoms with Crippen LogP contribution in [-0.2, 0) is 20.7 Å². The van der Waals surface area contributed by atoms with Gasteiger partial charge in [0.2, 0.25) is 5.88 Å². The molecule has 1 rings (SSSR count). The van der Waals surface area contributed by atoms with Crippen LogP contribution in [0, 0.1) is 0 Å². The Hall–Kier alpha value is -1.91. The lowest BCUT2D eigenvalue weighted by Gasteiger charge is -2.03. The SMILES string of the molecule is COC(=O)CC(=O)CCc1cccc(OC)n1. The van der Waals surface area contributed by atoms with Gasteiger partial charge in [-0.15, -0.1) is 0 Å². The number of aryl methyl sites for hydroxylation is 1. The van der Waals surface area contributed by atoms with Crippen molar-refractivity contribution in [2.75, 3.05) is 14.2 Å². The molecular formula is C12H15NO4. The van der Waals surface area contributed by atoms with Crippen LogP contribution in [0.25, 0.3) is 0 Å². The van der Waals surface area contributed by atoms with Crippen LogP contribution in [0.4, 0.5) is 0 Å². The molecule has 0 atom stereocenters. The molecule has 0 fully saturated rings. The van der Waals surface area contributed by atoms with Gasteiger partial charge in [-0.3, -0.25) is 9.59 Å². The van der Waals surface area contributed by atoms with E-state index in [1.54, 1.807) is 6.07 Å². The molecule has 5 heteroatoms. The zero-order valence-corrected chi connectivity index (χ0v) is 9.93. The van der Waals surface area contributed by atoms with E-state index < -0.39 is 5.97 Å². The maximum atomic E-state index is 11.4. The Bertz CT molecular complexity index is 403. The van der Waals surface area contributed by atoms with Gasteiger partial charge in [-0.2, -0.15) is 0 Å². The van der Waals surface area contributed by atoms with Gasteiger partial charge in [0.05, 0.1) is 14.2 Å². The van der Waals surface area contributed by atoms with E-state index in [2.05, 4.69) is 9.72 Å². The monoisotopic (exact) mass is 237 g/mol. The van der Waals surface area contributed by atoms with E-state index in [4.69, 9.17) is 4.74 Å². The van der Waals surface area contributed by atoms with Gasteiger partial charge >= 0.3 is 5.97 Å². The topological polar surface area (TPSA) is 65.5 Å². The minimum atomic E-state index is -0.506. The maximum absolute atomic E-state index is 11.4. The van der Waals surface area contributed by atoms with Crippen LogP contribution in [0.15, 0.2) is 18.2 Å². The molecule has 0 bridgehead atoms. The van der Waals surface area contributed by atoms with E-state index in [0.717, 1.165) is 5.69 Å². The summed E-state index contributed by atoms with van der Waals surface area (Å²) in [5.41, 5.74) is 0.766. The number of esters is 1. The summed E-state index contributed by atoms with van der Waals surface area (Å²) in [5, 5.41) is 0. The van der Waals surface area contributed by atoms with E-state index >= 15 is 0 Å². The molecule has 0 aliphatic rings. The van der Waals surface area contributed by atoms with Crippen LogP contribution >= 0.6 is 0 Å². The normalized spacial score (nSPS) is 9.76. The van der Waals surface area contributed by atoms with E-state index in [1.165, 1.54) is 14.2 Å². The average Bonchev–Trinajstić information content (AvgIpc) is 2.36. The number of aromatic nitrogens is 1. The van der Waals surface area contributed by atoms with Gasteiger partial charge in [0.1, 0.15) is 12.2 Å². The predicted octanol–water partition coefficient (Wildman–Crippen LogP) is 1.16.